The second kappa shape index (κ2) is 5.41. The van der Waals surface area contributed by atoms with Crippen LogP contribution in [-0.2, 0) is 6.54 Å². The Bertz CT molecular complexity index is 427. The van der Waals surface area contributed by atoms with Gasteiger partial charge in [0.25, 0.3) is 0 Å². The molecule has 1 aliphatic carbocycles. The van der Waals surface area contributed by atoms with Gasteiger partial charge in [-0.05, 0) is 38.2 Å². The maximum Gasteiger partial charge on any atom is 0.249 e. The topological polar surface area (TPSA) is 46.3 Å². The number of hydrogen-bond donors (Lipinski definition) is 1. The van der Waals surface area contributed by atoms with E-state index in [1.807, 2.05) is 11.4 Å². The van der Waals surface area contributed by atoms with Crippen LogP contribution in [0.4, 0.5) is 0 Å². The summed E-state index contributed by atoms with van der Waals surface area (Å²) in [6.07, 6.45) is 1.36. The number of carbonyl (C=O) groups excluding carboxylic acids is 1. The van der Waals surface area contributed by atoms with Crippen LogP contribution in [0.25, 0.3) is 0 Å². The van der Waals surface area contributed by atoms with Crippen molar-refractivity contribution < 1.29 is 4.79 Å². The van der Waals surface area contributed by atoms with Crippen LogP contribution in [0.2, 0.25) is 0 Å². The molecular formula is C14H22N2OS. The molecule has 0 aromatic carbocycles. The lowest BCUT2D eigenvalue weighted by Crippen LogP contribution is -2.32. The zero-order valence-corrected chi connectivity index (χ0v) is 12.2. The zero-order valence-electron chi connectivity index (χ0n) is 11.3. The third kappa shape index (κ3) is 3.33. The minimum Gasteiger partial charge on any atom is -0.366 e. The van der Waals surface area contributed by atoms with E-state index >= 15 is 0 Å². The molecule has 3 nitrogen and oxygen atoms in total. The highest BCUT2D eigenvalue weighted by atomic mass is 32.1. The van der Waals surface area contributed by atoms with E-state index in [-0.39, 0.29) is 5.91 Å². The third-order valence-corrected chi connectivity index (χ3v) is 4.69. The minimum absolute atomic E-state index is 0.329. The Labute approximate surface area is 113 Å². The lowest BCUT2D eigenvalue weighted by molar-refractivity contribution is 0.100. The Morgan fingerprint density at radius 1 is 1.61 bits per heavy atom. The molecule has 4 heteroatoms. The van der Waals surface area contributed by atoms with Crippen molar-refractivity contribution in [2.24, 2.45) is 17.6 Å². The highest BCUT2D eigenvalue weighted by Gasteiger charge is 2.34. The molecule has 0 spiro atoms. The van der Waals surface area contributed by atoms with E-state index in [0.717, 1.165) is 18.4 Å². The highest BCUT2D eigenvalue weighted by molar-refractivity contribution is 7.10. The molecule has 2 atom stereocenters. The van der Waals surface area contributed by atoms with Crippen LogP contribution in [0.3, 0.4) is 0 Å². The number of hydrogen-bond acceptors (Lipinski definition) is 3. The molecule has 2 N–H and O–H groups in total. The molecule has 1 fully saturated rings. The summed E-state index contributed by atoms with van der Waals surface area (Å²) in [6.45, 7) is 8.88. The molecule has 0 unspecified atom stereocenters. The fourth-order valence-corrected chi connectivity index (χ4v) is 3.10. The molecule has 0 saturated heterocycles. The standard InChI is InChI=1S/C14H22N2OS/c1-9(2)16(6-11-4-10(11)3)7-13-5-12(8-18-13)14(15)17/h5,8-11H,4,6-7H2,1-3H3,(H2,15,17)/t10-,11+/m0/s1. The fraction of sp³-hybridized carbons (Fsp3) is 0.643. The van der Waals surface area contributed by atoms with Crippen LogP contribution in [0.5, 0.6) is 0 Å². The molecular weight excluding hydrogens is 244 g/mol. The van der Waals surface area contributed by atoms with Gasteiger partial charge in [0.15, 0.2) is 0 Å². The summed E-state index contributed by atoms with van der Waals surface area (Å²) < 4.78 is 0. The van der Waals surface area contributed by atoms with E-state index in [9.17, 15) is 4.79 Å². The number of carbonyl (C=O) groups is 1. The first-order valence-corrected chi connectivity index (χ1v) is 7.46. The Hall–Kier alpha value is -0.870. The Morgan fingerprint density at radius 3 is 2.72 bits per heavy atom. The Morgan fingerprint density at radius 2 is 2.28 bits per heavy atom. The van der Waals surface area contributed by atoms with Gasteiger partial charge >= 0.3 is 0 Å². The summed E-state index contributed by atoms with van der Waals surface area (Å²) in [4.78, 5) is 14.8. The first-order valence-electron chi connectivity index (χ1n) is 6.58. The third-order valence-electron chi connectivity index (χ3n) is 3.77. The van der Waals surface area contributed by atoms with Crippen molar-refractivity contribution in [3.8, 4) is 0 Å². The summed E-state index contributed by atoms with van der Waals surface area (Å²) in [5.74, 6) is 1.42. The number of nitrogens with two attached hydrogens (primary N) is 1. The lowest BCUT2D eigenvalue weighted by Gasteiger charge is -2.26. The van der Waals surface area contributed by atoms with Crippen LogP contribution in [0, 0.1) is 11.8 Å². The molecule has 0 aliphatic heterocycles. The SMILES string of the molecule is CC(C)N(Cc1cc(C(N)=O)cs1)C[C@H]1C[C@@H]1C. The Balaban J connectivity index is 1.96. The predicted octanol–water partition coefficient (Wildman–Crippen LogP) is 2.71. The molecule has 1 saturated carbocycles. The van der Waals surface area contributed by atoms with Crippen molar-refractivity contribution in [1.82, 2.24) is 4.90 Å². The molecule has 0 bridgehead atoms. The summed E-state index contributed by atoms with van der Waals surface area (Å²) in [5.41, 5.74) is 5.92. The molecule has 100 valence electrons. The highest BCUT2D eigenvalue weighted by Crippen LogP contribution is 2.38. The molecule has 1 aliphatic rings. The zero-order chi connectivity index (χ0) is 13.3. The van der Waals surface area contributed by atoms with Gasteiger partial charge in [0, 0.05) is 29.4 Å². The average Bonchev–Trinajstić information content (AvgIpc) is 2.78. The van der Waals surface area contributed by atoms with E-state index in [2.05, 4.69) is 25.7 Å². The fourth-order valence-electron chi connectivity index (χ4n) is 2.21. The van der Waals surface area contributed by atoms with Gasteiger partial charge in [-0.1, -0.05) is 6.92 Å². The molecule has 2 rings (SSSR count). The van der Waals surface area contributed by atoms with Gasteiger partial charge in [0.1, 0.15) is 0 Å². The molecule has 1 heterocycles. The number of nitrogens with zero attached hydrogens (tertiary/aromatic N) is 1. The molecule has 1 aromatic rings. The summed E-state index contributed by atoms with van der Waals surface area (Å²) in [6, 6.07) is 2.47. The number of amides is 1. The maximum absolute atomic E-state index is 11.1. The largest absolute Gasteiger partial charge is 0.366 e. The molecule has 1 aromatic heterocycles. The van der Waals surface area contributed by atoms with E-state index in [0.29, 0.717) is 11.6 Å². The number of thiophene rings is 1. The normalized spacial score (nSPS) is 22.7. The molecule has 0 radical (unpaired) electrons. The molecule has 1 amide bonds. The number of primary amides is 1. The Kier molecular flexibility index (Phi) is 4.07. The second-order valence-electron chi connectivity index (χ2n) is 5.66. The van der Waals surface area contributed by atoms with Crippen LogP contribution in [0.1, 0.15) is 42.4 Å². The van der Waals surface area contributed by atoms with Gasteiger partial charge in [-0.15, -0.1) is 11.3 Å². The van der Waals surface area contributed by atoms with Gasteiger partial charge in [-0.25, -0.2) is 0 Å². The van der Waals surface area contributed by atoms with Gasteiger partial charge in [-0.3, -0.25) is 9.69 Å². The van der Waals surface area contributed by atoms with E-state index in [1.165, 1.54) is 17.8 Å². The van der Waals surface area contributed by atoms with E-state index in [1.54, 1.807) is 11.3 Å². The van der Waals surface area contributed by atoms with Crippen molar-refractivity contribution in [1.29, 1.82) is 0 Å². The van der Waals surface area contributed by atoms with Crippen LogP contribution in [0.15, 0.2) is 11.4 Å². The summed E-state index contributed by atoms with van der Waals surface area (Å²) in [7, 11) is 0. The summed E-state index contributed by atoms with van der Waals surface area (Å²) in [5, 5.41) is 1.86. The van der Waals surface area contributed by atoms with Crippen molar-refractivity contribution in [3.63, 3.8) is 0 Å². The van der Waals surface area contributed by atoms with Crippen molar-refractivity contribution >= 4 is 17.2 Å². The van der Waals surface area contributed by atoms with Crippen LogP contribution < -0.4 is 5.73 Å². The van der Waals surface area contributed by atoms with Gasteiger partial charge in [0.2, 0.25) is 5.91 Å². The van der Waals surface area contributed by atoms with Crippen molar-refractivity contribution in [2.75, 3.05) is 6.54 Å². The lowest BCUT2D eigenvalue weighted by atomic mass is 10.2. The minimum atomic E-state index is -0.329. The first kappa shape index (κ1) is 13.6. The van der Waals surface area contributed by atoms with Crippen molar-refractivity contribution in [3.05, 3.63) is 21.9 Å². The van der Waals surface area contributed by atoms with E-state index < -0.39 is 0 Å². The average molecular weight is 266 g/mol. The van der Waals surface area contributed by atoms with Crippen LogP contribution >= 0.6 is 11.3 Å². The quantitative estimate of drug-likeness (QED) is 0.860. The monoisotopic (exact) mass is 266 g/mol. The second-order valence-corrected chi connectivity index (χ2v) is 6.66. The summed E-state index contributed by atoms with van der Waals surface area (Å²) >= 11 is 1.63. The maximum atomic E-state index is 11.1. The van der Waals surface area contributed by atoms with Gasteiger partial charge in [0.05, 0.1) is 5.56 Å². The molecule has 18 heavy (non-hydrogen) atoms. The first-order chi connectivity index (χ1) is 8.47. The van der Waals surface area contributed by atoms with Gasteiger partial charge in [-0.2, -0.15) is 0 Å². The van der Waals surface area contributed by atoms with E-state index in [4.69, 9.17) is 5.73 Å². The predicted molar refractivity (Wildman–Crippen MR) is 75.7 cm³/mol. The smallest absolute Gasteiger partial charge is 0.249 e. The van der Waals surface area contributed by atoms with Crippen molar-refractivity contribution in [2.45, 2.75) is 39.8 Å². The van der Waals surface area contributed by atoms with Crippen LogP contribution in [-0.4, -0.2) is 23.4 Å². The number of rotatable bonds is 6. The van der Waals surface area contributed by atoms with Gasteiger partial charge < -0.3 is 5.73 Å².